The molecule has 3 nitrogen and oxygen atoms in total. The summed E-state index contributed by atoms with van der Waals surface area (Å²) in [6.07, 6.45) is 5.33. The van der Waals surface area contributed by atoms with Crippen molar-refractivity contribution in [1.82, 2.24) is 0 Å². The van der Waals surface area contributed by atoms with Crippen LogP contribution in [0.5, 0.6) is 0 Å². The Morgan fingerprint density at radius 3 is 2.68 bits per heavy atom. The van der Waals surface area contributed by atoms with E-state index in [1.165, 1.54) is 12.0 Å². The third-order valence-corrected chi connectivity index (χ3v) is 4.48. The molecular formula is C16H26N2O. The van der Waals surface area contributed by atoms with Gasteiger partial charge in [-0.05, 0) is 56.2 Å². The first-order chi connectivity index (χ1) is 9.02. The van der Waals surface area contributed by atoms with Crippen LogP contribution in [0.15, 0.2) is 18.2 Å². The number of anilines is 2. The Morgan fingerprint density at radius 2 is 2.05 bits per heavy atom. The smallest absolute Gasteiger partial charge is 0.0819 e. The Hall–Kier alpha value is -1.22. The second kappa shape index (κ2) is 5.83. The van der Waals surface area contributed by atoms with E-state index in [1.54, 1.807) is 0 Å². The molecule has 0 aliphatic heterocycles. The van der Waals surface area contributed by atoms with E-state index in [-0.39, 0.29) is 0 Å². The van der Waals surface area contributed by atoms with Crippen molar-refractivity contribution < 1.29 is 5.11 Å². The van der Waals surface area contributed by atoms with Crippen LogP contribution in [0.25, 0.3) is 0 Å². The van der Waals surface area contributed by atoms with Crippen LogP contribution in [-0.2, 0) is 0 Å². The van der Waals surface area contributed by atoms with Gasteiger partial charge in [0.15, 0.2) is 0 Å². The fourth-order valence-electron chi connectivity index (χ4n) is 2.89. The molecule has 0 atom stereocenters. The zero-order valence-electron chi connectivity index (χ0n) is 12.1. The number of nitrogens with one attached hydrogen (secondary N) is 1. The zero-order chi connectivity index (χ0) is 13.9. The third-order valence-electron chi connectivity index (χ3n) is 4.48. The number of hydrogen-bond donors (Lipinski definition) is 3. The van der Waals surface area contributed by atoms with Gasteiger partial charge in [0.05, 0.1) is 5.60 Å². The van der Waals surface area contributed by atoms with Crippen LogP contribution >= 0.6 is 0 Å². The summed E-state index contributed by atoms with van der Waals surface area (Å²) >= 11 is 0. The van der Waals surface area contributed by atoms with Crippen molar-refractivity contribution in [3.05, 3.63) is 23.8 Å². The molecule has 0 radical (unpaired) electrons. The lowest BCUT2D eigenvalue weighted by Crippen LogP contribution is -2.40. The fourth-order valence-corrected chi connectivity index (χ4v) is 2.89. The van der Waals surface area contributed by atoms with Gasteiger partial charge in [-0.25, -0.2) is 0 Å². The van der Waals surface area contributed by atoms with Gasteiger partial charge in [-0.1, -0.05) is 19.4 Å². The maximum Gasteiger partial charge on any atom is 0.0819 e. The first kappa shape index (κ1) is 14.2. The van der Waals surface area contributed by atoms with E-state index in [0.717, 1.165) is 43.0 Å². The lowest BCUT2D eigenvalue weighted by molar-refractivity contribution is 0.00229. The van der Waals surface area contributed by atoms with E-state index < -0.39 is 5.60 Å². The van der Waals surface area contributed by atoms with E-state index >= 15 is 0 Å². The summed E-state index contributed by atoms with van der Waals surface area (Å²) in [5.74, 6) is 0.800. The molecule has 2 rings (SSSR count). The first-order valence-corrected chi connectivity index (χ1v) is 7.35. The Kier molecular flexibility index (Phi) is 4.35. The zero-order valence-corrected chi connectivity index (χ0v) is 12.1. The lowest BCUT2D eigenvalue weighted by Gasteiger charge is -2.36. The van der Waals surface area contributed by atoms with Crippen molar-refractivity contribution in [2.24, 2.45) is 5.92 Å². The van der Waals surface area contributed by atoms with Crippen molar-refractivity contribution in [2.75, 3.05) is 17.6 Å². The highest BCUT2D eigenvalue weighted by molar-refractivity contribution is 5.59. The lowest BCUT2D eigenvalue weighted by atomic mass is 9.78. The summed E-state index contributed by atoms with van der Waals surface area (Å²) in [5.41, 5.74) is 8.21. The Bertz CT molecular complexity index is 423. The third kappa shape index (κ3) is 3.63. The molecule has 1 aliphatic carbocycles. The van der Waals surface area contributed by atoms with E-state index in [9.17, 15) is 5.11 Å². The van der Waals surface area contributed by atoms with Gasteiger partial charge in [0, 0.05) is 17.9 Å². The van der Waals surface area contributed by atoms with Gasteiger partial charge in [-0.15, -0.1) is 0 Å². The second-order valence-corrected chi connectivity index (χ2v) is 6.00. The van der Waals surface area contributed by atoms with Gasteiger partial charge in [0.1, 0.15) is 0 Å². The van der Waals surface area contributed by atoms with Crippen LogP contribution in [0, 0.1) is 12.8 Å². The topological polar surface area (TPSA) is 58.3 Å². The second-order valence-electron chi connectivity index (χ2n) is 6.00. The molecule has 0 bridgehead atoms. The quantitative estimate of drug-likeness (QED) is 0.730. The standard InChI is InChI=1S/C16H26N2O/c1-3-13-6-8-16(19,9-7-13)11-18-15-10-14(17)5-4-12(15)2/h4-5,10,13,18-19H,3,6-9,11,17H2,1-2H3. The van der Waals surface area contributed by atoms with Gasteiger partial charge in [-0.2, -0.15) is 0 Å². The van der Waals surface area contributed by atoms with Gasteiger partial charge in [-0.3, -0.25) is 0 Å². The van der Waals surface area contributed by atoms with Gasteiger partial charge >= 0.3 is 0 Å². The number of hydrogen-bond acceptors (Lipinski definition) is 3. The number of aryl methyl sites for hydroxylation is 1. The molecule has 1 aromatic carbocycles. The van der Waals surface area contributed by atoms with E-state index in [2.05, 4.69) is 19.2 Å². The SMILES string of the molecule is CCC1CCC(O)(CNc2cc(N)ccc2C)CC1. The van der Waals surface area contributed by atoms with E-state index in [1.807, 2.05) is 18.2 Å². The van der Waals surface area contributed by atoms with E-state index in [0.29, 0.717) is 6.54 Å². The minimum absolute atomic E-state index is 0.553. The van der Waals surface area contributed by atoms with Gasteiger partial charge in [0.2, 0.25) is 0 Å². The highest BCUT2D eigenvalue weighted by Gasteiger charge is 2.32. The number of nitrogens with two attached hydrogens (primary N) is 1. The summed E-state index contributed by atoms with van der Waals surface area (Å²) in [5, 5.41) is 14.0. The minimum Gasteiger partial charge on any atom is -0.399 e. The Balaban J connectivity index is 1.93. The molecular weight excluding hydrogens is 236 g/mol. The molecule has 1 aromatic rings. The summed E-state index contributed by atoms with van der Waals surface area (Å²) in [6.45, 7) is 4.91. The molecule has 1 fully saturated rings. The molecule has 0 saturated heterocycles. The molecule has 0 amide bonds. The molecule has 0 unspecified atom stereocenters. The van der Waals surface area contributed by atoms with E-state index in [4.69, 9.17) is 5.73 Å². The van der Waals surface area contributed by atoms with Crippen LogP contribution in [0.4, 0.5) is 11.4 Å². The van der Waals surface area contributed by atoms with Crippen molar-refractivity contribution in [3.8, 4) is 0 Å². The van der Waals surface area contributed by atoms with Crippen molar-refractivity contribution >= 4 is 11.4 Å². The van der Waals surface area contributed by atoms with Gasteiger partial charge in [0.25, 0.3) is 0 Å². The average molecular weight is 262 g/mol. The first-order valence-electron chi connectivity index (χ1n) is 7.35. The fraction of sp³-hybridized carbons (Fsp3) is 0.625. The number of aliphatic hydroxyl groups is 1. The molecule has 106 valence electrons. The predicted molar refractivity (Wildman–Crippen MR) is 81.3 cm³/mol. The monoisotopic (exact) mass is 262 g/mol. The van der Waals surface area contributed by atoms with Crippen molar-refractivity contribution in [2.45, 2.75) is 51.6 Å². The normalized spacial score (nSPS) is 27.2. The number of nitrogen functional groups attached to an aromatic ring is 1. The predicted octanol–water partition coefficient (Wildman–Crippen LogP) is 3.32. The average Bonchev–Trinajstić information content (AvgIpc) is 2.41. The molecule has 0 spiro atoms. The van der Waals surface area contributed by atoms with Crippen LogP contribution in [0.3, 0.4) is 0 Å². The molecule has 3 heteroatoms. The van der Waals surface area contributed by atoms with Crippen molar-refractivity contribution in [1.29, 1.82) is 0 Å². The molecule has 4 N–H and O–H groups in total. The minimum atomic E-state index is -0.553. The van der Waals surface area contributed by atoms with Crippen LogP contribution in [-0.4, -0.2) is 17.3 Å². The highest BCUT2D eigenvalue weighted by atomic mass is 16.3. The molecule has 19 heavy (non-hydrogen) atoms. The Labute approximate surface area is 116 Å². The molecule has 1 aliphatic rings. The molecule has 0 aromatic heterocycles. The van der Waals surface area contributed by atoms with Crippen molar-refractivity contribution in [3.63, 3.8) is 0 Å². The molecule has 1 saturated carbocycles. The van der Waals surface area contributed by atoms with Crippen LogP contribution < -0.4 is 11.1 Å². The number of benzene rings is 1. The molecule has 0 heterocycles. The largest absolute Gasteiger partial charge is 0.399 e. The summed E-state index contributed by atoms with van der Waals surface area (Å²) in [4.78, 5) is 0. The summed E-state index contributed by atoms with van der Waals surface area (Å²) in [6, 6.07) is 5.85. The summed E-state index contributed by atoms with van der Waals surface area (Å²) in [7, 11) is 0. The van der Waals surface area contributed by atoms with Crippen LogP contribution in [0.2, 0.25) is 0 Å². The van der Waals surface area contributed by atoms with Crippen LogP contribution in [0.1, 0.15) is 44.6 Å². The highest BCUT2D eigenvalue weighted by Crippen LogP contribution is 2.34. The van der Waals surface area contributed by atoms with Gasteiger partial charge < -0.3 is 16.2 Å². The summed E-state index contributed by atoms with van der Waals surface area (Å²) < 4.78 is 0. The maximum atomic E-state index is 10.6. The Morgan fingerprint density at radius 1 is 1.37 bits per heavy atom. The number of rotatable bonds is 4. The maximum absolute atomic E-state index is 10.6.